The molecule has 6 nitrogen and oxygen atoms in total. The van der Waals surface area contributed by atoms with Gasteiger partial charge in [-0.05, 0) is 49.7 Å². The molecule has 174 valence electrons. The number of rotatable bonds is 5. The Morgan fingerprint density at radius 1 is 0.971 bits per heavy atom. The zero-order chi connectivity index (χ0) is 24.6. The van der Waals surface area contributed by atoms with Gasteiger partial charge in [0.1, 0.15) is 17.3 Å². The van der Waals surface area contributed by atoms with Crippen LogP contribution < -0.4 is 14.4 Å². The largest absolute Gasteiger partial charge is 0.507 e. The van der Waals surface area contributed by atoms with Crippen LogP contribution in [-0.2, 0) is 9.59 Å². The van der Waals surface area contributed by atoms with Crippen molar-refractivity contribution in [3.63, 3.8) is 0 Å². The summed E-state index contributed by atoms with van der Waals surface area (Å²) >= 11 is 6.37. The first-order valence-corrected chi connectivity index (χ1v) is 11.0. The maximum Gasteiger partial charge on any atom is 0.300 e. The van der Waals surface area contributed by atoms with Crippen molar-refractivity contribution in [3.8, 4) is 11.5 Å². The average Bonchev–Trinajstić information content (AvgIpc) is 3.09. The summed E-state index contributed by atoms with van der Waals surface area (Å²) in [5.74, 6) is -1.02. The van der Waals surface area contributed by atoms with Crippen LogP contribution in [0.15, 0.2) is 66.2 Å². The van der Waals surface area contributed by atoms with Crippen molar-refractivity contribution in [2.24, 2.45) is 0 Å². The molecule has 1 heterocycles. The van der Waals surface area contributed by atoms with E-state index in [2.05, 4.69) is 0 Å². The number of nitrogens with zero attached hydrogens (tertiary/aromatic N) is 1. The normalized spacial score (nSPS) is 17.2. The Hall–Kier alpha value is -3.77. The van der Waals surface area contributed by atoms with Gasteiger partial charge < -0.3 is 14.6 Å². The molecule has 4 rings (SSSR count). The number of methoxy groups -OCH3 is 2. The molecule has 0 spiro atoms. The Morgan fingerprint density at radius 2 is 1.71 bits per heavy atom. The van der Waals surface area contributed by atoms with Gasteiger partial charge in [0.15, 0.2) is 0 Å². The number of benzene rings is 3. The zero-order valence-electron chi connectivity index (χ0n) is 19.3. The van der Waals surface area contributed by atoms with E-state index in [-0.39, 0.29) is 21.9 Å². The molecule has 0 saturated carbocycles. The molecule has 0 aromatic heterocycles. The molecule has 3 aromatic rings. The molecule has 0 aliphatic carbocycles. The van der Waals surface area contributed by atoms with E-state index in [1.54, 1.807) is 42.5 Å². The predicted molar refractivity (Wildman–Crippen MR) is 132 cm³/mol. The molecule has 7 heteroatoms. The number of hydrogen-bond donors (Lipinski definition) is 1. The maximum absolute atomic E-state index is 13.4. The molecular formula is C27H24ClNO5. The third-order valence-corrected chi connectivity index (χ3v) is 6.25. The Balaban J connectivity index is 2.03. The van der Waals surface area contributed by atoms with Gasteiger partial charge in [-0.3, -0.25) is 14.5 Å². The lowest BCUT2D eigenvalue weighted by Crippen LogP contribution is -2.30. The summed E-state index contributed by atoms with van der Waals surface area (Å²) in [6.45, 7) is 3.83. The second-order valence-corrected chi connectivity index (χ2v) is 8.45. The highest BCUT2D eigenvalue weighted by molar-refractivity contribution is 6.52. The van der Waals surface area contributed by atoms with Gasteiger partial charge in [0.05, 0.1) is 30.9 Å². The summed E-state index contributed by atoms with van der Waals surface area (Å²) in [5, 5.41) is 11.6. The minimum Gasteiger partial charge on any atom is -0.507 e. The van der Waals surface area contributed by atoms with Crippen LogP contribution in [0.4, 0.5) is 5.69 Å². The number of Topliss-reactive ketones (excluding diaryl/α,β-unsaturated/α-hetero) is 1. The molecule has 3 aromatic carbocycles. The van der Waals surface area contributed by atoms with E-state index in [0.29, 0.717) is 22.7 Å². The van der Waals surface area contributed by atoms with Crippen molar-refractivity contribution in [3.05, 3.63) is 93.5 Å². The first-order valence-electron chi connectivity index (χ1n) is 10.6. The average molecular weight is 478 g/mol. The molecule has 1 fully saturated rings. The highest BCUT2D eigenvalue weighted by Crippen LogP contribution is 2.46. The summed E-state index contributed by atoms with van der Waals surface area (Å²) in [4.78, 5) is 28.2. The van der Waals surface area contributed by atoms with Crippen LogP contribution in [0.5, 0.6) is 11.5 Å². The molecule has 1 saturated heterocycles. The quantitative estimate of drug-likeness (QED) is 0.294. The number of ketones is 1. The fraction of sp³-hybridized carbons (Fsp3) is 0.185. The molecule has 1 aliphatic rings. The van der Waals surface area contributed by atoms with Crippen LogP contribution in [0.1, 0.15) is 28.3 Å². The van der Waals surface area contributed by atoms with Crippen LogP contribution in [-0.4, -0.2) is 31.0 Å². The summed E-state index contributed by atoms with van der Waals surface area (Å²) < 4.78 is 10.8. The van der Waals surface area contributed by atoms with E-state index in [0.717, 1.165) is 11.1 Å². The van der Waals surface area contributed by atoms with Gasteiger partial charge in [0.2, 0.25) is 0 Å². The van der Waals surface area contributed by atoms with E-state index >= 15 is 0 Å². The molecular weight excluding hydrogens is 454 g/mol. The summed E-state index contributed by atoms with van der Waals surface area (Å²) in [6, 6.07) is 16.5. The molecule has 1 N–H and O–H groups in total. The standard InChI is InChI=1S/C27H24ClNO5/c1-15-9-12-21(16(2)13-15)29-24(18-7-5-6-8-22(18)34-4)23(26(31)27(29)32)25(30)19-14-17(33-3)10-11-20(19)28/h5-14,24,30H,1-4H3/b25-23+. The Morgan fingerprint density at radius 3 is 2.38 bits per heavy atom. The van der Waals surface area contributed by atoms with Crippen LogP contribution >= 0.6 is 11.6 Å². The van der Waals surface area contributed by atoms with Gasteiger partial charge in [-0.25, -0.2) is 0 Å². The number of amides is 1. The molecule has 0 bridgehead atoms. The van der Waals surface area contributed by atoms with Crippen molar-refractivity contribution in [2.45, 2.75) is 19.9 Å². The van der Waals surface area contributed by atoms with Crippen molar-refractivity contribution < 1.29 is 24.2 Å². The number of carbonyl (C=O) groups excluding carboxylic acids is 2. The lowest BCUT2D eigenvalue weighted by atomic mass is 9.94. The first kappa shape index (κ1) is 23.4. The van der Waals surface area contributed by atoms with Crippen molar-refractivity contribution in [1.82, 2.24) is 0 Å². The minimum atomic E-state index is -0.931. The second-order valence-electron chi connectivity index (χ2n) is 8.05. The number of carbonyl (C=O) groups is 2. The molecule has 1 aliphatic heterocycles. The van der Waals surface area contributed by atoms with Gasteiger partial charge in [0.25, 0.3) is 11.7 Å². The third-order valence-electron chi connectivity index (χ3n) is 5.92. The summed E-state index contributed by atoms with van der Waals surface area (Å²) in [7, 11) is 3.00. The van der Waals surface area contributed by atoms with Gasteiger partial charge in [-0.15, -0.1) is 0 Å². The van der Waals surface area contributed by atoms with Crippen LogP contribution in [0, 0.1) is 13.8 Å². The summed E-state index contributed by atoms with van der Waals surface area (Å²) in [5.41, 5.74) is 3.09. The lowest BCUT2D eigenvalue weighted by molar-refractivity contribution is -0.132. The van der Waals surface area contributed by atoms with Crippen molar-refractivity contribution in [1.29, 1.82) is 0 Å². The molecule has 1 atom stereocenters. The number of ether oxygens (including phenoxy) is 2. The minimum absolute atomic E-state index is 0.0790. The van der Waals surface area contributed by atoms with Gasteiger partial charge >= 0.3 is 0 Å². The number of aliphatic hydroxyl groups is 1. The second kappa shape index (κ2) is 9.23. The molecule has 0 radical (unpaired) electrons. The zero-order valence-corrected chi connectivity index (χ0v) is 20.0. The SMILES string of the molecule is COc1ccc(Cl)c(/C(O)=C2\C(=O)C(=O)N(c3ccc(C)cc3C)C2c2ccccc2OC)c1. The topological polar surface area (TPSA) is 76.1 Å². The summed E-state index contributed by atoms with van der Waals surface area (Å²) in [6.07, 6.45) is 0. The van der Waals surface area contributed by atoms with E-state index in [1.165, 1.54) is 25.2 Å². The van der Waals surface area contributed by atoms with Crippen molar-refractivity contribution >= 4 is 34.7 Å². The monoisotopic (exact) mass is 477 g/mol. The number of aryl methyl sites for hydroxylation is 2. The molecule has 34 heavy (non-hydrogen) atoms. The van der Waals surface area contributed by atoms with Crippen molar-refractivity contribution in [2.75, 3.05) is 19.1 Å². The Labute approximate surface area is 203 Å². The van der Waals surface area contributed by atoms with E-state index in [4.69, 9.17) is 21.1 Å². The highest BCUT2D eigenvalue weighted by atomic mass is 35.5. The third kappa shape index (κ3) is 3.90. The van der Waals surface area contributed by atoms with Gasteiger partial charge in [-0.2, -0.15) is 0 Å². The van der Waals surface area contributed by atoms with Crippen LogP contribution in [0.2, 0.25) is 5.02 Å². The fourth-order valence-corrected chi connectivity index (χ4v) is 4.51. The lowest BCUT2D eigenvalue weighted by Gasteiger charge is -2.28. The van der Waals surface area contributed by atoms with E-state index in [1.807, 2.05) is 26.0 Å². The number of aliphatic hydroxyl groups excluding tert-OH is 1. The Bertz CT molecular complexity index is 1330. The fourth-order valence-electron chi connectivity index (χ4n) is 4.30. The van der Waals surface area contributed by atoms with E-state index in [9.17, 15) is 14.7 Å². The molecule has 1 unspecified atom stereocenters. The number of hydrogen-bond acceptors (Lipinski definition) is 5. The molecule has 1 amide bonds. The number of para-hydroxylation sites is 1. The maximum atomic E-state index is 13.4. The highest BCUT2D eigenvalue weighted by Gasteiger charge is 2.48. The van der Waals surface area contributed by atoms with Crippen LogP contribution in [0.25, 0.3) is 5.76 Å². The number of anilines is 1. The predicted octanol–water partition coefficient (Wildman–Crippen LogP) is 5.60. The van der Waals surface area contributed by atoms with Gasteiger partial charge in [-0.1, -0.05) is 47.5 Å². The van der Waals surface area contributed by atoms with E-state index < -0.39 is 17.7 Å². The van der Waals surface area contributed by atoms with Crippen LogP contribution in [0.3, 0.4) is 0 Å². The Kier molecular flexibility index (Phi) is 6.35. The smallest absolute Gasteiger partial charge is 0.300 e. The first-order chi connectivity index (χ1) is 16.3. The van der Waals surface area contributed by atoms with Gasteiger partial charge in [0, 0.05) is 16.8 Å². The number of halogens is 1.